The fourth-order valence-electron chi connectivity index (χ4n) is 2.38. The van der Waals surface area contributed by atoms with E-state index in [2.05, 4.69) is 15.2 Å². The van der Waals surface area contributed by atoms with Gasteiger partial charge >= 0.3 is 0 Å². The minimum absolute atomic E-state index is 0.0267. The van der Waals surface area contributed by atoms with Crippen LogP contribution in [0, 0.1) is 10.1 Å². The van der Waals surface area contributed by atoms with Gasteiger partial charge in [0.15, 0.2) is 0 Å². The van der Waals surface area contributed by atoms with Crippen molar-refractivity contribution in [3.8, 4) is 0 Å². The van der Waals surface area contributed by atoms with Gasteiger partial charge in [-0.1, -0.05) is 0 Å². The number of aromatic nitrogens is 1. The van der Waals surface area contributed by atoms with E-state index < -0.39 is 14.8 Å². The number of nitro groups is 1. The summed E-state index contributed by atoms with van der Waals surface area (Å²) in [5.41, 5.74) is -0.0267. The summed E-state index contributed by atoms with van der Waals surface area (Å²) in [5, 5.41) is 13.8. The van der Waals surface area contributed by atoms with Gasteiger partial charge in [0, 0.05) is 38.0 Å². The molecule has 1 N–H and O–H groups in total. The first-order chi connectivity index (χ1) is 10.3. The van der Waals surface area contributed by atoms with Gasteiger partial charge in [-0.15, -0.1) is 0 Å². The molecule has 8 nitrogen and oxygen atoms in total. The van der Waals surface area contributed by atoms with E-state index in [9.17, 15) is 18.5 Å². The maximum atomic E-state index is 11.2. The first-order valence-electron chi connectivity index (χ1n) is 7.10. The molecule has 0 aromatic carbocycles. The fraction of sp³-hybridized carbons (Fsp3) is 0.615. The average molecular weight is 328 g/mol. The molecule has 1 aliphatic rings. The summed E-state index contributed by atoms with van der Waals surface area (Å²) in [6, 6.07) is 3.29. The molecule has 2 heterocycles. The highest BCUT2D eigenvalue weighted by molar-refractivity contribution is 7.90. The Labute approximate surface area is 129 Å². The van der Waals surface area contributed by atoms with E-state index in [1.165, 1.54) is 18.5 Å². The first kappa shape index (κ1) is 16.6. The molecule has 0 atom stereocenters. The third-order valence-electron chi connectivity index (χ3n) is 3.68. The Morgan fingerprint density at radius 2 is 2.09 bits per heavy atom. The van der Waals surface area contributed by atoms with Gasteiger partial charge in [0.1, 0.15) is 21.9 Å². The Morgan fingerprint density at radius 1 is 1.41 bits per heavy atom. The van der Waals surface area contributed by atoms with Crippen LogP contribution in [0.5, 0.6) is 0 Å². The molecular formula is C13H20N4O4S. The second kappa shape index (κ2) is 7.01. The monoisotopic (exact) mass is 328 g/mol. The Morgan fingerprint density at radius 3 is 2.59 bits per heavy atom. The van der Waals surface area contributed by atoms with Crippen molar-refractivity contribution in [1.29, 1.82) is 0 Å². The van der Waals surface area contributed by atoms with Crippen molar-refractivity contribution < 1.29 is 13.3 Å². The summed E-state index contributed by atoms with van der Waals surface area (Å²) in [7, 11) is -2.92. The lowest BCUT2D eigenvalue weighted by Gasteiger charge is -2.32. The highest BCUT2D eigenvalue weighted by atomic mass is 32.2. The van der Waals surface area contributed by atoms with Gasteiger partial charge in [0.05, 0.1) is 10.7 Å². The van der Waals surface area contributed by atoms with Crippen molar-refractivity contribution in [3.63, 3.8) is 0 Å². The molecule has 1 aliphatic heterocycles. The van der Waals surface area contributed by atoms with Crippen molar-refractivity contribution in [2.75, 3.05) is 37.0 Å². The molecule has 0 unspecified atom stereocenters. The van der Waals surface area contributed by atoms with Crippen LogP contribution in [0.3, 0.4) is 0 Å². The van der Waals surface area contributed by atoms with E-state index in [0.717, 1.165) is 25.9 Å². The van der Waals surface area contributed by atoms with Crippen LogP contribution in [0.4, 0.5) is 11.5 Å². The molecule has 2 rings (SSSR count). The smallest absolute Gasteiger partial charge is 0.287 e. The fourth-order valence-corrected chi connectivity index (χ4v) is 2.97. The summed E-state index contributed by atoms with van der Waals surface area (Å²) < 4.78 is 22.3. The van der Waals surface area contributed by atoms with Crippen LogP contribution < -0.4 is 5.32 Å². The summed E-state index contributed by atoms with van der Waals surface area (Å²) >= 11 is 0. The average Bonchev–Trinajstić information content (AvgIpc) is 2.46. The van der Waals surface area contributed by atoms with Crippen LogP contribution in [0.25, 0.3) is 0 Å². The third-order valence-corrected chi connectivity index (χ3v) is 4.60. The van der Waals surface area contributed by atoms with Gasteiger partial charge in [-0.25, -0.2) is 13.4 Å². The number of hydrogen-bond acceptors (Lipinski definition) is 7. The molecule has 0 aliphatic carbocycles. The van der Waals surface area contributed by atoms with Crippen LogP contribution in [0.1, 0.15) is 12.8 Å². The Balaban J connectivity index is 1.78. The number of likely N-dealkylation sites (tertiary alicyclic amines) is 1. The second-order valence-corrected chi connectivity index (χ2v) is 7.81. The normalized spacial score (nSPS) is 17.3. The van der Waals surface area contributed by atoms with Crippen LogP contribution in [-0.2, 0) is 9.84 Å². The summed E-state index contributed by atoms with van der Waals surface area (Å²) in [6.45, 7) is 2.24. The van der Waals surface area contributed by atoms with Crippen molar-refractivity contribution in [2.45, 2.75) is 18.9 Å². The van der Waals surface area contributed by atoms with Crippen molar-refractivity contribution >= 4 is 21.3 Å². The van der Waals surface area contributed by atoms with Gasteiger partial charge in [0.25, 0.3) is 5.69 Å². The predicted octanol–water partition coefficient (Wildman–Crippen LogP) is 0.911. The van der Waals surface area contributed by atoms with E-state index in [1.54, 1.807) is 6.07 Å². The van der Waals surface area contributed by atoms with E-state index in [1.807, 2.05) is 0 Å². The molecule has 0 amide bonds. The topological polar surface area (TPSA) is 105 Å². The number of rotatable bonds is 6. The third kappa shape index (κ3) is 5.23. The zero-order valence-corrected chi connectivity index (χ0v) is 13.3. The van der Waals surface area contributed by atoms with Crippen LogP contribution in [0.15, 0.2) is 18.3 Å². The van der Waals surface area contributed by atoms with Gasteiger partial charge in [0.2, 0.25) is 0 Å². The number of piperidine rings is 1. The minimum Gasteiger partial charge on any atom is -0.367 e. The molecule has 0 radical (unpaired) electrons. The molecule has 22 heavy (non-hydrogen) atoms. The van der Waals surface area contributed by atoms with Gasteiger partial charge < -0.3 is 10.2 Å². The quantitative estimate of drug-likeness (QED) is 0.611. The lowest BCUT2D eigenvalue weighted by Crippen LogP contribution is -2.41. The molecule has 0 bridgehead atoms. The minimum atomic E-state index is -2.92. The number of anilines is 1. The lowest BCUT2D eigenvalue weighted by atomic mass is 10.1. The largest absolute Gasteiger partial charge is 0.367 e. The summed E-state index contributed by atoms with van der Waals surface area (Å²) in [5.74, 6) is 0.815. The molecule has 0 saturated carbocycles. The Kier molecular flexibility index (Phi) is 5.30. The van der Waals surface area contributed by atoms with Crippen LogP contribution in [0.2, 0.25) is 0 Å². The number of hydrogen-bond donors (Lipinski definition) is 1. The molecular weight excluding hydrogens is 308 g/mol. The number of sulfone groups is 1. The molecule has 1 fully saturated rings. The van der Waals surface area contributed by atoms with Gasteiger partial charge in [-0.3, -0.25) is 10.1 Å². The van der Waals surface area contributed by atoms with E-state index in [-0.39, 0.29) is 17.5 Å². The second-order valence-electron chi connectivity index (χ2n) is 5.55. The number of nitrogens with zero attached hydrogens (tertiary/aromatic N) is 3. The van der Waals surface area contributed by atoms with Crippen molar-refractivity contribution in [1.82, 2.24) is 9.88 Å². The van der Waals surface area contributed by atoms with Gasteiger partial charge in [-0.2, -0.15) is 0 Å². The zero-order chi connectivity index (χ0) is 16.2. The predicted molar refractivity (Wildman–Crippen MR) is 83.7 cm³/mol. The van der Waals surface area contributed by atoms with Crippen molar-refractivity contribution in [2.24, 2.45) is 0 Å². The molecule has 122 valence electrons. The zero-order valence-electron chi connectivity index (χ0n) is 12.4. The molecule has 0 spiro atoms. The Bertz CT molecular complexity index is 609. The summed E-state index contributed by atoms with van der Waals surface area (Å²) in [6.07, 6.45) is 4.27. The van der Waals surface area contributed by atoms with Crippen molar-refractivity contribution in [3.05, 3.63) is 28.4 Å². The molecule has 1 aromatic rings. The van der Waals surface area contributed by atoms with E-state index >= 15 is 0 Å². The van der Waals surface area contributed by atoms with E-state index in [4.69, 9.17) is 0 Å². The first-order valence-corrected chi connectivity index (χ1v) is 9.16. The Hall–Kier alpha value is -1.74. The highest BCUT2D eigenvalue weighted by Crippen LogP contribution is 2.17. The standard InChI is InChI=1S/C13H20N4O4S/c1-22(20,21)9-8-16-6-4-11(5-7-16)15-13-3-2-12(10-14-13)17(18)19/h2-3,10-11H,4-9H2,1H3,(H,14,15). The number of pyridine rings is 1. The maximum absolute atomic E-state index is 11.2. The number of nitrogens with one attached hydrogen (secondary N) is 1. The van der Waals surface area contributed by atoms with Crippen LogP contribution >= 0.6 is 0 Å². The van der Waals surface area contributed by atoms with Gasteiger partial charge in [-0.05, 0) is 18.9 Å². The molecule has 9 heteroatoms. The SMILES string of the molecule is CS(=O)(=O)CCN1CCC(Nc2ccc([N+](=O)[O-])cn2)CC1. The van der Waals surface area contributed by atoms with Crippen LogP contribution in [-0.4, -0.2) is 60.9 Å². The molecule has 1 saturated heterocycles. The lowest BCUT2D eigenvalue weighted by molar-refractivity contribution is -0.385. The molecule has 1 aromatic heterocycles. The summed E-state index contributed by atoms with van der Waals surface area (Å²) in [4.78, 5) is 16.3. The highest BCUT2D eigenvalue weighted by Gasteiger charge is 2.20. The van der Waals surface area contributed by atoms with E-state index in [0.29, 0.717) is 12.4 Å². The maximum Gasteiger partial charge on any atom is 0.287 e.